The first-order valence-corrected chi connectivity index (χ1v) is 8.25. The van der Waals surface area contributed by atoms with E-state index < -0.39 is 18.0 Å². The third-order valence-electron chi connectivity index (χ3n) is 2.44. The molecule has 0 aliphatic heterocycles. The number of carbonyl (C=O) groups is 2. The average Bonchev–Trinajstić information content (AvgIpc) is 2.31. The molecule has 0 bridgehead atoms. The third-order valence-corrected chi connectivity index (χ3v) is 4.33. The molecular formula is C11H22N2O3S2. The molecule has 0 aliphatic rings. The second kappa shape index (κ2) is 8.53. The molecule has 0 saturated carbocycles. The predicted octanol–water partition coefficient (Wildman–Crippen LogP) is 1.63. The van der Waals surface area contributed by atoms with Crippen LogP contribution in [0.1, 0.15) is 20.3 Å². The molecule has 0 aliphatic carbocycles. The van der Waals surface area contributed by atoms with Crippen LogP contribution >= 0.6 is 23.5 Å². The molecule has 7 heteroatoms. The van der Waals surface area contributed by atoms with Crippen molar-refractivity contribution in [1.29, 1.82) is 0 Å². The minimum absolute atomic E-state index is 0.0602. The number of hydrogen-bond donors (Lipinski definition) is 3. The van der Waals surface area contributed by atoms with Crippen molar-refractivity contribution >= 4 is 35.5 Å². The molecule has 2 amide bonds. The van der Waals surface area contributed by atoms with Crippen LogP contribution in [0.25, 0.3) is 0 Å². The van der Waals surface area contributed by atoms with Crippen molar-refractivity contribution in [2.24, 2.45) is 0 Å². The van der Waals surface area contributed by atoms with Crippen LogP contribution in [0, 0.1) is 0 Å². The van der Waals surface area contributed by atoms with Gasteiger partial charge in [0.25, 0.3) is 0 Å². The zero-order valence-corrected chi connectivity index (χ0v) is 12.9. The first-order chi connectivity index (χ1) is 8.32. The van der Waals surface area contributed by atoms with Gasteiger partial charge < -0.3 is 15.7 Å². The molecule has 0 saturated heterocycles. The van der Waals surface area contributed by atoms with Gasteiger partial charge in [0.15, 0.2) is 0 Å². The Balaban J connectivity index is 4.14. The van der Waals surface area contributed by atoms with E-state index in [1.807, 2.05) is 26.4 Å². The van der Waals surface area contributed by atoms with Crippen LogP contribution in [-0.4, -0.2) is 52.7 Å². The predicted molar refractivity (Wildman–Crippen MR) is 78.6 cm³/mol. The quantitative estimate of drug-likeness (QED) is 0.634. The molecule has 0 aromatic rings. The van der Waals surface area contributed by atoms with E-state index >= 15 is 0 Å². The molecule has 3 N–H and O–H groups in total. The topological polar surface area (TPSA) is 78.4 Å². The van der Waals surface area contributed by atoms with Gasteiger partial charge in [0, 0.05) is 11.3 Å². The highest BCUT2D eigenvalue weighted by Crippen LogP contribution is 2.19. The summed E-state index contributed by atoms with van der Waals surface area (Å²) in [6.45, 7) is 4.52. The molecule has 0 rings (SSSR count). The summed E-state index contributed by atoms with van der Waals surface area (Å²) >= 11 is 3.20. The summed E-state index contributed by atoms with van der Waals surface area (Å²) in [5.74, 6) is -0.295. The summed E-state index contributed by atoms with van der Waals surface area (Å²) < 4.78 is -0.0602. The van der Waals surface area contributed by atoms with Crippen LogP contribution in [0.5, 0.6) is 0 Å². The highest BCUT2D eigenvalue weighted by atomic mass is 32.2. The molecule has 18 heavy (non-hydrogen) atoms. The maximum Gasteiger partial charge on any atom is 0.326 e. The van der Waals surface area contributed by atoms with Gasteiger partial charge in [-0.05, 0) is 38.5 Å². The zero-order chi connectivity index (χ0) is 14.2. The van der Waals surface area contributed by atoms with E-state index in [2.05, 4.69) is 10.6 Å². The Kier molecular flexibility index (Phi) is 8.26. The maximum absolute atomic E-state index is 11.6. The molecule has 0 spiro atoms. The van der Waals surface area contributed by atoms with Crippen LogP contribution < -0.4 is 10.6 Å². The second-order valence-corrected chi connectivity index (χ2v) is 6.96. The summed E-state index contributed by atoms with van der Waals surface area (Å²) in [5.41, 5.74) is 0. The zero-order valence-electron chi connectivity index (χ0n) is 11.3. The van der Waals surface area contributed by atoms with E-state index in [0.29, 0.717) is 18.7 Å². The van der Waals surface area contributed by atoms with Crippen molar-refractivity contribution in [3.63, 3.8) is 0 Å². The van der Waals surface area contributed by atoms with E-state index in [1.54, 1.807) is 23.5 Å². The molecule has 0 aromatic carbocycles. The van der Waals surface area contributed by atoms with Crippen LogP contribution in [-0.2, 0) is 4.79 Å². The van der Waals surface area contributed by atoms with Gasteiger partial charge in [0.2, 0.25) is 0 Å². The fraction of sp³-hybridized carbons (Fsp3) is 0.818. The monoisotopic (exact) mass is 294 g/mol. The van der Waals surface area contributed by atoms with Gasteiger partial charge in [-0.25, -0.2) is 9.59 Å². The van der Waals surface area contributed by atoms with E-state index in [9.17, 15) is 9.59 Å². The summed E-state index contributed by atoms with van der Waals surface area (Å²) in [6, 6.07) is -1.25. The first kappa shape index (κ1) is 17.4. The Hall–Kier alpha value is -0.560. The van der Waals surface area contributed by atoms with Crippen molar-refractivity contribution in [2.75, 3.05) is 24.8 Å². The van der Waals surface area contributed by atoms with E-state index in [0.717, 1.165) is 0 Å². The van der Waals surface area contributed by atoms with Gasteiger partial charge in [-0.1, -0.05) is 0 Å². The van der Waals surface area contributed by atoms with Gasteiger partial charge in [-0.15, -0.1) is 0 Å². The van der Waals surface area contributed by atoms with Crippen LogP contribution in [0.4, 0.5) is 4.79 Å². The maximum atomic E-state index is 11.6. The number of urea groups is 1. The minimum Gasteiger partial charge on any atom is -0.480 e. The lowest BCUT2D eigenvalue weighted by atomic mass is 10.2. The smallest absolute Gasteiger partial charge is 0.326 e. The van der Waals surface area contributed by atoms with Gasteiger partial charge in [0.1, 0.15) is 6.04 Å². The SMILES string of the molecule is CSCCC(NC(=O)NCC(C)(C)SC)C(=O)O. The van der Waals surface area contributed by atoms with E-state index in [4.69, 9.17) is 5.11 Å². The van der Waals surface area contributed by atoms with Gasteiger partial charge >= 0.3 is 12.0 Å². The fourth-order valence-electron chi connectivity index (χ4n) is 1.07. The average molecular weight is 294 g/mol. The van der Waals surface area contributed by atoms with Crippen molar-refractivity contribution in [1.82, 2.24) is 10.6 Å². The van der Waals surface area contributed by atoms with E-state index in [-0.39, 0.29) is 4.75 Å². The minimum atomic E-state index is -0.997. The third kappa shape index (κ3) is 7.71. The van der Waals surface area contributed by atoms with E-state index in [1.165, 1.54) is 0 Å². The standard InChI is InChI=1S/C11H22N2O3S2/c1-11(2,18-4)7-12-10(16)13-8(9(14)15)5-6-17-3/h8H,5-7H2,1-4H3,(H,14,15)(H2,12,13,16). The Labute approximate surface area is 117 Å². The lowest BCUT2D eigenvalue weighted by Gasteiger charge is -2.23. The highest BCUT2D eigenvalue weighted by molar-refractivity contribution is 8.00. The first-order valence-electron chi connectivity index (χ1n) is 5.63. The molecule has 106 valence electrons. The number of aliphatic carboxylic acids is 1. The van der Waals surface area contributed by atoms with Crippen LogP contribution in [0.2, 0.25) is 0 Å². The number of hydrogen-bond acceptors (Lipinski definition) is 4. The molecule has 0 fully saturated rings. The number of nitrogens with one attached hydrogen (secondary N) is 2. The Morgan fingerprint density at radius 3 is 2.39 bits per heavy atom. The lowest BCUT2D eigenvalue weighted by molar-refractivity contribution is -0.139. The number of carboxylic acids is 1. The van der Waals surface area contributed by atoms with Crippen LogP contribution in [0.15, 0.2) is 0 Å². The lowest BCUT2D eigenvalue weighted by Crippen LogP contribution is -2.48. The number of carboxylic acid groups (broad SMARTS) is 1. The summed E-state index contributed by atoms with van der Waals surface area (Å²) in [4.78, 5) is 22.5. The number of carbonyl (C=O) groups excluding carboxylic acids is 1. The Bertz CT molecular complexity index is 285. The molecule has 1 unspecified atom stereocenters. The summed E-state index contributed by atoms with van der Waals surface area (Å²) in [5, 5.41) is 14.1. The van der Waals surface area contributed by atoms with Crippen molar-refractivity contribution in [2.45, 2.75) is 31.1 Å². The van der Waals surface area contributed by atoms with Gasteiger partial charge in [-0.3, -0.25) is 0 Å². The normalized spacial score (nSPS) is 12.9. The number of rotatable bonds is 8. The summed E-state index contributed by atoms with van der Waals surface area (Å²) in [6.07, 6.45) is 4.30. The number of thioether (sulfide) groups is 2. The molecule has 0 radical (unpaired) electrons. The van der Waals surface area contributed by atoms with Crippen LogP contribution in [0.3, 0.4) is 0 Å². The van der Waals surface area contributed by atoms with Crippen molar-refractivity contribution in [3.8, 4) is 0 Å². The fourth-order valence-corrected chi connectivity index (χ4v) is 1.76. The van der Waals surface area contributed by atoms with Crippen molar-refractivity contribution < 1.29 is 14.7 Å². The second-order valence-electron chi connectivity index (χ2n) is 4.46. The van der Waals surface area contributed by atoms with Crippen molar-refractivity contribution in [3.05, 3.63) is 0 Å². The largest absolute Gasteiger partial charge is 0.480 e. The van der Waals surface area contributed by atoms with Gasteiger partial charge in [-0.2, -0.15) is 23.5 Å². The summed E-state index contributed by atoms with van der Waals surface area (Å²) in [7, 11) is 0. The molecule has 5 nitrogen and oxygen atoms in total. The molecular weight excluding hydrogens is 272 g/mol. The molecule has 0 heterocycles. The highest BCUT2D eigenvalue weighted by Gasteiger charge is 2.21. The van der Waals surface area contributed by atoms with Gasteiger partial charge in [0.05, 0.1) is 0 Å². The Morgan fingerprint density at radius 2 is 1.94 bits per heavy atom. The Morgan fingerprint density at radius 1 is 1.33 bits per heavy atom. The molecule has 0 aromatic heterocycles. The number of amides is 2. The molecule has 1 atom stereocenters.